The lowest BCUT2D eigenvalue weighted by Gasteiger charge is -2.10. The third-order valence-electron chi connectivity index (χ3n) is 5.70. The van der Waals surface area contributed by atoms with Crippen molar-refractivity contribution < 1.29 is 14.6 Å². The number of ether oxygens (including phenoxy) is 1. The Labute approximate surface area is 192 Å². The summed E-state index contributed by atoms with van der Waals surface area (Å²) in [6.45, 7) is 6.34. The van der Waals surface area contributed by atoms with Gasteiger partial charge in [-0.15, -0.1) is 0 Å². The van der Waals surface area contributed by atoms with Gasteiger partial charge in [0.25, 0.3) is 0 Å². The quantitative estimate of drug-likeness (QED) is 0.315. The van der Waals surface area contributed by atoms with Crippen LogP contribution < -0.4 is 4.74 Å². The number of aromatic amines is 1. The monoisotopic (exact) mass is 448 g/mol. The fourth-order valence-corrected chi connectivity index (χ4v) is 4.25. The van der Waals surface area contributed by atoms with Crippen LogP contribution in [0.25, 0.3) is 22.0 Å². The molecule has 0 bridgehead atoms. The number of H-pyrrole nitrogens is 1. The molecule has 2 N–H and O–H groups in total. The summed E-state index contributed by atoms with van der Waals surface area (Å²) in [7, 11) is 0. The van der Waals surface area contributed by atoms with Gasteiger partial charge in [-0.3, -0.25) is 4.98 Å². The van der Waals surface area contributed by atoms with E-state index in [0.29, 0.717) is 19.4 Å². The smallest absolute Gasteiger partial charge is 0.352 e. The first-order valence-corrected chi connectivity index (χ1v) is 10.9. The number of nitrogens with zero attached hydrogens (tertiary/aromatic N) is 1. The Morgan fingerprint density at radius 3 is 2.50 bits per heavy atom. The van der Waals surface area contributed by atoms with E-state index >= 15 is 0 Å². The van der Waals surface area contributed by atoms with Crippen LogP contribution in [0, 0.1) is 20.8 Å². The summed E-state index contributed by atoms with van der Waals surface area (Å²) in [6, 6.07) is 13.7. The molecular weight excluding hydrogens is 424 g/mol. The predicted molar refractivity (Wildman–Crippen MR) is 128 cm³/mol. The summed E-state index contributed by atoms with van der Waals surface area (Å²) < 4.78 is 5.92. The van der Waals surface area contributed by atoms with Gasteiger partial charge in [-0.2, -0.15) is 0 Å². The number of para-hydroxylation sites is 1. The molecule has 0 aliphatic heterocycles. The molecule has 2 aromatic carbocycles. The van der Waals surface area contributed by atoms with Crippen LogP contribution in [-0.4, -0.2) is 27.7 Å². The van der Waals surface area contributed by atoms with E-state index in [-0.39, 0.29) is 5.69 Å². The number of aromatic nitrogens is 2. The molecule has 2 heterocycles. The van der Waals surface area contributed by atoms with Crippen molar-refractivity contribution in [3.8, 4) is 16.9 Å². The van der Waals surface area contributed by atoms with Gasteiger partial charge in [-0.1, -0.05) is 35.9 Å². The van der Waals surface area contributed by atoms with E-state index < -0.39 is 5.97 Å². The summed E-state index contributed by atoms with van der Waals surface area (Å²) in [4.78, 5) is 19.5. The Kier molecular flexibility index (Phi) is 6.19. The molecule has 0 aliphatic rings. The summed E-state index contributed by atoms with van der Waals surface area (Å²) in [6.07, 6.45) is 3.03. The minimum absolute atomic E-state index is 0.229. The zero-order valence-corrected chi connectivity index (χ0v) is 19.1. The molecule has 5 nitrogen and oxygen atoms in total. The Morgan fingerprint density at radius 1 is 1.09 bits per heavy atom. The lowest BCUT2D eigenvalue weighted by atomic mass is 9.99. The first kappa shape index (κ1) is 21.9. The fourth-order valence-electron chi connectivity index (χ4n) is 4.14. The van der Waals surface area contributed by atoms with Crippen LogP contribution in [0.3, 0.4) is 0 Å². The zero-order chi connectivity index (χ0) is 22.8. The lowest BCUT2D eigenvalue weighted by Crippen LogP contribution is -2.04. The average molecular weight is 449 g/mol. The number of carbonyl (C=O) groups is 1. The number of nitrogens with one attached hydrogen (secondary N) is 1. The van der Waals surface area contributed by atoms with Gasteiger partial charge in [0.05, 0.1) is 12.1 Å². The van der Waals surface area contributed by atoms with Crippen molar-refractivity contribution in [2.45, 2.75) is 33.6 Å². The molecule has 2 aromatic heterocycles. The minimum atomic E-state index is -0.963. The van der Waals surface area contributed by atoms with E-state index in [2.05, 4.69) is 9.97 Å². The molecule has 0 unspecified atom stereocenters. The Hall–Kier alpha value is -3.31. The van der Waals surface area contributed by atoms with Crippen LogP contribution in [0.5, 0.6) is 5.75 Å². The van der Waals surface area contributed by atoms with Gasteiger partial charge >= 0.3 is 5.97 Å². The van der Waals surface area contributed by atoms with Gasteiger partial charge < -0.3 is 14.8 Å². The predicted octanol–water partition coefficient (Wildman–Crippen LogP) is 6.52. The molecule has 0 atom stereocenters. The maximum Gasteiger partial charge on any atom is 0.352 e. The summed E-state index contributed by atoms with van der Waals surface area (Å²) in [5.41, 5.74) is 6.63. The van der Waals surface area contributed by atoms with Crippen LogP contribution in [0.1, 0.15) is 39.3 Å². The van der Waals surface area contributed by atoms with Crippen molar-refractivity contribution in [3.05, 3.63) is 81.8 Å². The third-order valence-corrected chi connectivity index (χ3v) is 6.30. The SMILES string of the molecule is Cc1cc(OCCCc2c(C(=O)O)[nH]c3c(-c4cccnc4C)cccc23)cc(C)c1Cl. The number of aromatic carboxylic acids is 1. The van der Waals surface area contributed by atoms with Crippen molar-refractivity contribution >= 4 is 28.5 Å². The first-order valence-electron chi connectivity index (χ1n) is 10.5. The number of pyridine rings is 1. The normalized spacial score (nSPS) is 11.1. The standard InChI is InChI=1S/C26H25ClN2O3/c1-15-13-18(14-16(2)23(15)27)32-12-6-10-22-21-8-4-7-20(19-9-5-11-28-17(19)3)24(21)29-25(22)26(30)31/h4-5,7-9,11,13-14,29H,6,10,12H2,1-3H3,(H,30,31). The highest BCUT2D eigenvalue weighted by molar-refractivity contribution is 6.32. The summed E-state index contributed by atoms with van der Waals surface area (Å²) in [5.74, 6) is -0.189. The van der Waals surface area contributed by atoms with Crippen molar-refractivity contribution in [3.63, 3.8) is 0 Å². The van der Waals surface area contributed by atoms with Gasteiger partial charge in [-0.25, -0.2) is 4.79 Å². The zero-order valence-electron chi connectivity index (χ0n) is 18.3. The maximum atomic E-state index is 12.0. The molecular formula is C26H25ClN2O3. The summed E-state index contributed by atoms with van der Waals surface area (Å²) in [5, 5.41) is 11.5. The fraction of sp³-hybridized carbons (Fsp3) is 0.231. The van der Waals surface area contributed by atoms with Crippen LogP contribution in [-0.2, 0) is 6.42 Å². The average Bonchev–Trinajstić information content (AvgIpc) is 3.14. The van der Waals surface area contributed by atoms with Gasteiger partial charge in [-0.05, 0) is 68.5 Å². The molecule has 4 rings (SSSR count). The highest BCUT2D eigenvalue weighted by atomic mass is 35.5. The second-order valence-corrected chi connectivity index (χ2v) is 8.35. The number of carboxylic acid groups (broad SMARTS) is 1. The molecule has 6 heteroatoms. The molecule has 0 spiro atoms. The molecule has 0 saturated heterocycles. The second-order valence-electron chi connectivity index (χ2n) is 7.97. The number of rotatable bonds is 7. The number of benzene rings is 2. The summed E-state index contributed by atoms with van der Waals surface area (Å²) >= 11 is 6.23. The van der Waals surface area contributed by atoms with E-state index in [4.69, 9.17) is 16.3 Å². The van der Waals surface area contributed by atoms with Crippen molar-refractivity contribution in [2.75, 3.05) is 6.61 Å². The van der Waals surface area contributed by atoms with Crippen LogP contribution in [0.2, 0.25) is 5.02 Å². The highest BCUT2D eigenvalue weighted by Gasteiger charge is 2.19. The maximum absolute atomic E-state index is 12.0. The number of halogens is 1. The van der Waals surface area contributed by atoms with Gasteiger partial charge in [0.1, 0.15) is 11.4 Å². The van der Waals surface area contributed by atoms with Gasteiger partial charge in [0.2, 0.25) is 0 Å². The number of hydrogen-bond acceptors (Lipinski definition) is 3. The van der Waals surface area contributed by atoms with E-state index in [0.717, 1.165) is 55.2 Å². The van der Waals surface area contributed by atoms with Crippen LogP contribution in [0.4, 0.5) is 0 Å². The van der Waals surface area contributed by atoms with E-state index in [1.165, 1.54) is 0 Å². The molecule has 0 radical (unpaired) electrons. The van der Waals surface area contributed by atoms with Gasteiger partial charge in [0.15, 0.2) is 0 Å². The molecule has 164 valence electrons. The lowest BCUT2D eigenvalue weighted by molar-refractivity contribution is 0.0690. The second kappa shape index (κ2) is 9.05. The highest BCUT2D eigenvalue weighted by Crippen LogP contribution is 2.33. The van der Waals surface area contributed by atoms with Crippen molar-refractivity contribution in [1.82, 2.24) is 9.97 Å². The van der Waals surface area contributed by atoms with Crippen molar-refractivity contribution in [2.24, 2.45) is 0 Å². The first-order chi connectivity index (χ1) is 15.4. The number of carboxylic acids is 1. The van der Waals surface area contributed by atoms with E-state index in [9.17, 15) is 9.90 Å². The van der Waals surface area contributed by atoms with E-state index in [1.807, 2.05) is 63.2 Å². The van der Waals surface area contributed by atoms with E-state index in [1.54, 1.807) is 6.20 Å². The van der Waals surface area contributed by atoms with Crippen molar-refractivity contribution in [1.29, 1.82) is 0 Å². The molecule has 0 fully saturated rings. The topological polar surface area (TPSA) is 75.2 Å². The molecule has 0 aliphatic carbocycles. The Bertz CT molecular complexity index is 1290. The Balaban J connectivity index is 1.60. The third kappa shape index (κ3) is 4.21. The van der Waals surface area contributed by atoms with Gasteiger partial charge in [0, 0.05) is 33.4 Å². The van der Waals surface area contributed by atoms with Crippen LogP contribution in [0.15, 0.2) is 48.7 Å². The molecule has 4 aromatic rings. The largest absolute Gasteiger partial charge is 0.494 e. The van der Waals surface area contributed by atoms with Crippen LogP contribution >= 0.6 is 11.6 Å². The minimum Gasteiger partial charge on any atom is -0.494 e. The number of aryl methyl sites for hydroxylation is 4. The number of hydrogen-bond donors (Lipinski definition) is 2. The molecule has 0 amide bonds. The Morgan fingerprint density at radius 2 is 1.81 bits per heavy atom. The molecule has 0 saturated carbocycles. The molecule has 32 heavy (non-hydrogen) atoms. The number of fused-ring (bicyclic) bond motifs is 1.